The van der Waals surface area contributed by atoms with Gasteiger partial charge >= 0.3 is 0 Å². The lowest BCUT2D eigenvalue weighted by molar-refractivity contribution is 0.328. The number of aromatic nitrogens is 2. The van der Waals surface area contributed by atoms with Gasteiger partial charge in [-0.3, -0.25) is 0 Å². The zero-order chi connectivity index (χ0) is 17.9. The molecule has 1 saturated carbocycles. The van der Waals surface area contributed by atoms with Gasteiger partial charge in [-0.25, -0.2) is 9.97 Å². The molecule has 1 atom stereocenters. The van der Waals surface area contributed by atoms with Crippen LogP contribution in [-0.2, 0) is 0 Å². The molecule has 0 amide bonds. The maximum absolute atomic E-state index is 5.89. The highest BCUT2D eigenvalue weighted by Crippen LogP contribution is 2.33. The summed E-state index contributed by atoms with van der Waals surface area (Å²) < 4.78 is 7.01. The smallest absolute Gasteiger partial charge is 0.184 e. The molecule has 3 N–H and O–H groups in total. The Balaban J connectivity index is 1.48. The van der Waals surface area contributed by atoms with Gasteiger partial charge in [0.1, 0.15) is 17.3 Å². The van der Waals surface area contributed by atoms with Crippen molar-refractivity contribution in [2.75, 3.05) is 11.1 Å². The molecule has 2 aromatic heterocycles. The maximum Gasteiger partial charge on any atom is 0.184 e. The van der Waals surface area contributed by atoms with Crippen molar-refractivity contribution in [3.05, 3.63) is 36.5 Å². The van der Waals surface area contributed by atoms with Crippen LogP contribution in [-0.4, -0.2) is 16.0 Å². The van der Waals surface area contributed by atoms with Crippen LogP contribution in [0.2, 0.25) is 0 Å². The number of rotatable bonds is 5. The summed E-state index contributed by atoms with van der Waals surface area (Å²) in [6, 6.07) is 9.95. The summed E-state index contributed by atoms with van der Waals surface area (Å²) in [6.45, 7) is 2.28. The Morgan fingerprint density at radius 2 is 1.96 bits per heavy atom. The first-order chi connectivity index (χ1) is 12.7. The van der Waals surface area contributed by atoms with Crippen LogP contribution in [0.1, 0.15) is 39.0 Å². The molecule has 2 heterocycles. The summed E-state index contributed by atoms with van der Waals surface area (Å²) in [5, 5.41) is 4.61. The molecule has 1 aliphatic rings. The molecule has 0 radical (unpaired) electrons. The third-order valence-corrected chi connectivity index (χ3v) is 6.01. The van der Waals surface area contributed by atoms with Gasteiger partial charge in [-0.2, -0.15) is 0 Å². The molecule has 5 nitrogen and oxygen atoms in total. The number of nitrogens with zero attached hydrogens (tertiary/aromatic N) is 2. The highest BCUT2D eigenvalue weighted by Gasteiger charge is 2.20. The van der Waals surface area contributed by atoms with Crippen LogP contribution in [0.5, 0.6) is 11.5 Å². The van der Waals surface area contributed by atoms with E-state index in [0.717, 1.165) is 27.0 Å². The topological polar surface area (TPSA) is 73.1 Å². The molecule has 3 aromatic rings. The van der Waals surface area contributed by atoms with Crippen LogP contribution in [0, 0.1) is 5.92 Å². The number of nitrogens with two attached hydrogens (primary N) is 1. The third kappa shape index (κ3) is 3.90. The largest absolute Gasteiger partial charge is 0.457 e. The van der Waals surface area contributed by atoms with Crippen LogP contribution >= 0.6 is 11.3 Å². The second-order valence-electron chi connectivity index (χ2n) is 7.00. The van der Waals surface area contributed by atoms with Gasteiger partial charge in [-0.05, 0) is 43.9 Å². The van der Waals surface area contributed by atoms with E-state index in [1.165, 1.54) is 32.1 Å². The number of fused-ring (bicyclic) bond motifs is 1. The van der Waals surface area contributed by atoms with Crippen LogP contribution in [0.25, 0.3) is 10.2 Å². The lowest BCUT2D eigenvalue weighted by Crippen LogP contribution is -2.27. The Kier molecular flexibility index (Phi) is 4.93. The van der Waals surface area contributed by atoms with Gasteiger partial charge in [0, 0.05) is 24.4 Å². The van der Waals surface area contributed by atoms with Crippen LogP contribution < -0.4 is 15.8 Å². The predicted octanol–water partition coefficient (Wildman–Crippen LogP) is 5.45. The van der Waals surface area contributed by atoms with E-state index in [2.05, 4.69) is 17.2 Å². The summed E-state index contributed by atoms with van der Waals surface area (Å²) in [4.78, 5) is 8.71. The SMILES string of the molecule is C[C@H](Nc1nc2ccc(Oc3ccnc(N)c3)cc2s1)C1CCCCC1. The van der Waals surface area contributed by atoms with E-state index in [9.17, 15) is 0 Å². The maximum atomic E-state index is 5.89. The van der Waals surface area contributed by atoms with Crippen molar-refractivity contribution < 1.29 is 4.74 Å². The summed E-state index contributed by atoms with van der Waals surface area (Å²) in [6.07, 6.45) is 8.40. The summed E-state index contributed by atoms with van der Waals surface area (Å²) in [5.41, 5.74) is 6.70. The lowest BCUT2D eigenvalue weighted by atomic mass is 9.85. The number of nitrogen functional groups attached to an aromatic ring is 1. The van der Waals surface area contributed by atoms with Gasteiger partial charge in [0.15, 0.2) is 5.13 Å². The van der Waals surface area contributed by atoms with Crippen molar-refractivity contribution in [1.29, 1.82) is 0 Å². The molecule has 0 bridgehead atoms. The number of benzene rings is 1. The average molecular weight is 369 g/mol. The van der Waals surface area contributed by atoms with Crippen molar-refractivity contribution in [3.8, 4) is 11.5 Å². The van der Waals surface area contributed by atoms with Crippen LogP contribution in [0.4, 0.5) is 10.9 Å². The second-order valence-corrected chi connectivity index (χ2v) is 8.03. The Morgan fingerprint density at radius 3 is 2.77 bits per heavy atom. The molecular formula is C20H24N4OS. The van der Waals surface area contributed by atoms with E-state index in [-0.39, 0.29) is 0 Å². The zero-order valence-electron chi connectivity index (χ0n) is 14.9. The van der Waals surface area contributed by atoms with Crippen molar-refractivity contribution in [1.82, 2.24) is 9.97 Å². The minimum absolute atomic E-state index is 0.449. The molecule has 136 valence electrons. The predicted molar refractivity (Wildman–Crippen MR) is 108 cm³/mol. The molecule has 0 spiro atoms. The Hall–Kier alpha value is -2.34. The van der Waals surface area contributed by atoms with E-state index in [1.54, 1.807) is 29.7 Å². The van der Waals surface area contributed by atoms with E-state index in [0.29, 0.717) is 17.6 Å². The molecule has 26 heavy (non-hydrogen) atoms. The number of ether oxygens (including phenoxy) is 1. The molecule has 1 aromatic carbocycles. The normalized spacial score (nSPS) is 16.5. The lowest BCUT2D eigenvalue weighted by Gasteiger charge is -2.28. The number of thiazole rings is 1. The van der Waals surface area contributed by atoms with Gasteiger partial charge in [0.2, 0.25) is 0 Å². The summed E-state index contributed by atoms with van der Waals surface area (Å²) in [5.74, 6) is 2.67. The fraction of sp³-hybridized carbons (Fsp3) is 0.400. The molecule has 4 rings (SSSR count). The Labute approximate surface area is 157 Å². The fourth-order valence-electron chi connectivity index (χ4n) is 3.60. The van der Waals surface area contributed by atoms with Crippen LogP contribution in [0.15, 0.2) is 36.5 Å². The van der Waals surface area contributed by atoms with Gasteiger partial charge in [0.05, 0.1) is 10.2 Å². The summed E-state index contributed by atoms with van der Waals surface area (Å²) >= 11 is 1.68. The molecule has 6 heteroatoms. The van der Waals surface area contributed by atoms with Gasteiger partial charge < -0.3 is 15.8 Å². The standard InChI is InChI=1S/C20H24N4OS/c1-13(14-5-3-2-4-6-14)23-20-24-17-8-7-15(11-18(17)26-20)25-16-9-10-22-19(21)12-16/h7-14H,2-6H2,1H3,(H2,21,22)(H,23,24)/t13-/m0/s1. The Bertz CT molecular complexity index is 888. The molecular weight excluding hydrogens is 344 g/mol. The highest BCUT2D eigenvalue weighted by molar-refractivity contribution is 7.22. The van der Waals surface area contributed by atoms with E-state index < -0.39 is 0 Å². The second kappa shape index (κ2) is 7.50. The van der Waals surface area contributed by atoms with Crippen molar-refractivity contribution >= 4 is 32.5 Å². The summed E-state index contributed by atoms with van der Waals surface area (Å²) in [7, 11) is 0. The fourth-order valence-corrected chi connectivity index (χ4v) is 4.59. The van der Waals surface area contributed by atoms with Crippen molar-refractivity contribution in [3.63, 3.8) is 0 Å². The van der Waals surface area contributed by atoms with E-state index in [1.807, 2.05) is 18.2 Å². The van der Waals surface area contributed by atoms with Crippen molar-refractivity contribution in [2.45, 2.75) is 45.1 Å². The van der Waals surface area contributed by atoms with Gasteiger partial charge in [-0.1, -0.05) is 30.6 Å². The van der Waals surface area contributed by atoms with Gasteiger partial charge in [0.25, 0.3) is 0 Å². The number of hydrogen-bond donors (Lipinski definition) is 2. The molecule has 0 saturated heterocycles. The highest BCUT2D eigenvalue weighted by atomic mass is 32.1. The quantitative estimate of drug-likeness (QED) is 0.627. The number of pyridine rings is 1. The number of anilines is 2. The number of nitrogens with one attached hydrogen (secondary N) is 1. The first kappa shape index (κ1) is 17.1. The average Bonchev–Trinajstić information content (AvgIpc) is 3.04. The minimum Gasteiger partial charge on any atom is -0.457 e. The minimum atomic E-state index is 0.449. The monoisotopic (exact) mass is 368 g/mol. The van der Waals surface area contributed by atoms with Crippen molar-refractivity contribution in [2.24, 2.45) is 5.92 Å². The number of hydrogen-bond acceptors (Lipinski definition) is 6. The first-order valence-electron chi connectivity index (χ1n) is 9.24. The van der Waals surface area contributed by atoms with E-state index >= 15 is 0 Å². The zero-order valence-corrected chi connectivity index (χ0v) is 15.8. The molecule has 1 aliphatic carbocycles. The molecule has 0 aliphatic heterocycles. The first-order valence-corrected chi connectivity index (χ1v) is 10.1. The third-order valence-electron chi connectivity index (χ3n) is 5.06. The van der Waals surface area contributed by atoms with Crippen LogP contribution in [0.3, 0.4) is 0 Å². The van der Waals surface area contributed by atoms with E-state index in [4.69, 9.17) is 15.5 Å². The van der Waals surface area contributed by atoms with Gasteiger partial charge in [-0.15, -0.1) is 0 Å². The molecule has 0 unspecified atom stereocenters. The Morgan fingerprint density at radius 1 is 1.15 bits per heavy atom. The molecule has 1 fully saturated rings.